The van der Waals surface area contributed by atoms with Crippen molar-refractivity contribution in [2.45, 2.75) is 12.7 Å². The van der Waals surface area contributed by atoms with E-state index in [4.69, 9.17) is 11.6 Å². The average molecular weight is 375 g/mol. The monoisotopic (exact) mass is 374 g/mol. The molecule has 0 saturated carbocycles. The lowest BCUT2D eigenvalue weighted by Gasteiger charge is -2.36. The summed E-state index contributed by atoms with van der Waals surface area (Å²) in [5.74, 6) is 1.67. The largest absolute Gasteiger partial charge is 0.368 e. The number of hydrogen-bond donors (Lipinski definition) is 0. The van der Waals surface area contributed by atoms with Gasteiger partial charge in [0.25, 0.3) is 0 Å². The summed E-state index contributed by atoms with van der Waals surface area (Å²) in [6.45, 7) is 5.36. The lowest BCUT2D eigenvalue weighted by Crippen LogP contribution is -2.49. The highest BCUT2D eigenvalue weighted by Crippen LogP contribution is 2.21. The lowest BCUT2D eigenvalue weighted by molar-refractivity contribution is -0.128. The number of benzene rings is 2. The number of anilines is 1. The first-order valence-corrected chi connectivity index (χ1v) is 10.1. The molecule has 1 heterocycles. The van der Waals surface area contributed by atoms with Gasteiger partial charge in [0.15, 0.2) is 0 Å². The molecular formula is C20H23ClN2OS. The van der Waals surface area contributed by atoms with E-state index in [1.807, 2.05) is 23.1 Å². The summed E-state index contributed by atoms with van der Waals surface area (Å²) in [6, 6.07) is 16.4. The minimum atomic E-state index is 0.239. The van der Waals surface area contributed by atoms with E-state index in [9.17, 15) is 4.79 Å². The second-order valence-electron chi connectivity index (χ2n) is 6.33. The molecule has 0 unspecified atom stereocenters. The predicted molar refractivity (Wildman–Crippen MR) is 108 cm³/mol. The van der Waals surface area contributed by atoms with Crippen LogP contribution in [-0.2, 0) is 10.5 Å². The Balaban J connectivity index is 1.44. The molecule has 0 aliphatic carbocycles. The van der Waals surface area contributed by atoms with E-state index in [1.54, 1.807) is 11.8 Å². The average Bonchev–Trinajstić information content (AvgIpc) is 2.62. The fourth-order valence-corrected chi connectivity index (χ4v) is 4.10. The molecule has 0 spiro atoms. The Bertz CT molecular complexity index is 729. The normalized spacial score (nSPS) is 14.6. The Labute approximate surface area is 159 Å². The molecular weight excluding hydrogens is 352 g/mol. The van der Waals surface area contributed by atoms with Crippen LogP contribution in [0, 0.1) is 6.92 Å². The Morgan fingerprint density at radius 1 is 1.08 bits per heavy atom. The van der Waals surface area contributed by atoms with E-state index in [0.29, 0.717) is 5.75 Å². The molecule has 1 aliphatic heterocycles. The number of hydrogen-bond acceptors (Lipinski definition) is 3. The number of carbonyl (C=O) groups excluding carboxylic acids is 1. The van der Waals surface area contributed by atoms with Crippen LogP contribution in [0.2, 0.25) is 5.02 Å². The molecule has 132 valence electrons. The van der Waals surface area contributed by atoms with Crippen molar-refractivity contribution in [1.82, 2.24) is 4.90 Å². The number of aryl methyl sites for hydroxylation is 1. The zero-order valence-electron chi connectivity index (χ0n) is 14.5. The van der Waals surface area contributed by atoms with Crippen molar-refractivity contribution in [3.63, 3.8) is 0 Å². The fourth-order valence-electron chi connectivity index (χ4n) is 3.04. The Kier molecular flexibility index (Phi) is 6.27. The molecule has 0 aromatic heterocycles. The third kappa shape index (κ3) is 5.16. The maximum absolute atomic E-state index is 12.4. The number of halogens is 1. The van der Waals surface area contributed by atoms with Crippen LogP contribution in [-0.4, -0.2) is 42.7 Å². The van der Waals surface area contributed by atoms with E-state index < -0.39 is 0 Å². The highest BCUT2D eigenvalue weighted by Gasteiger charge is 2.21. The summed E-state index contributed by atoms with van der Waals surface area (Å²) in [5.41, 5.74) is 3.68. The van der Waals surface area contributed by atoms with Crippen molar-refractivity contribution < 1.29 is 4.79 Å². The number of carbonyl (C=O) groups is 1. The van der Waals surface area contributed by atoms with E-state index in [1.165, 1.54) is 11.1 Å². The molecule has 1 amide bonds. The maximum Gasteiger partial charge on any atom is 0.232 e. The van der Waals surface area contributed by atoms with Crippen molar-refractivity contribution in [3.05, 3.63) is 64.7 Å². The maximum atomic E-state index is 12.4. The molecule has 0 bridgehead atoms. The predicted octanol–water partition coefficient (Wildman–Crippen LogP) is 4.23. The van der Waals surface area contributed by atoms with Crippen LogP contribution in [0.15, 0.2) is 48.5 Å². The van der Waals surface area contributed by atoms with Gasteiger partial charge < -0.3 is 9.80 Å². The van der Waals surface area contributed by atoms with Crippen molar-refractivity contribution in [1.29, 1.82) is 0 Å². The van der Waals surface area contributed by atoms with Crippen molar-refractivity contribution in [3.8, 4) is 0 Å². The first kappa shape index (κ1) is 18.2. The second-order valence-corrected chi connectivity index (χ2v) is 7.75. The van der Waals surface area contributed by atoms with Gasteiger partial charge >= 0.3 is 0 Å². The Hall–Kier alpha value is -1.65. The van der Waals surface area contributed by atoms with Crippen LogP contribution >= 0.6 is 23.4 Å². The molecule has 1 fully saturated rings. The quantitative estimate of drug-likeness (QED) is 0.782. The van der Waals surface area contributed by atoms with E-state index in [2.05, 4.69) is 42.2 Å². The topological polar surface area (TPSA) is 23.6 Å². The lowest BCUT2D eigenvalue weighted by atomic mass is 10.2. The molecule has 0 radical (unpaired) electrons. The van der Waals surface area contributed by atoms with Gasteiger partial charge in [0.05, 0.1) is 5.75 Å². The fraction of sp³-hybridized carbons (Fsp3) is 0.350. The zero-order chi connectivity index (χ0) is 17.6. The molecule has 1 saturated heterocycles. The third-order valence-corrected chi connectivity index (χ3v) is 5.61. The van der Waals surface area contributed by atoms with E-state index in [-0.39, 0.29) is 5.91 Å². The smallest absolute Gasteiger partial charge is 0.232 e. The number of thioether (sulfide) groups is 1. The zero-order valence-corrected chi connectivity index (χ0v) is 16.0. The minimum Gasteiger partial charge on any atom is -0.368 e. The summed E-state index contributed by atoms with van der Waals surface area (Å²) in [6.07, 6.45) is 0. The number of amides is 1. The summed E-state index contributed by atoms with van der Waals surface area (Å²) in [7, 11) is 0. The second kappa shape index (κ2) is 8.63. The molecule has 1 aliphatic rings. The minimum absolute atomic E-state index is 0.239. The van der Waals surface area contributed by atoms with Gasteiger partial charge in [-0.15, -0.1) is 11.8 Å². The molecule has 5 heteroatoms. The molecule has 2 aromatic carbocycles. The van der Waals surface area contributed by atoms with Gasteiger partial charge in [-0.2, -0.15) is 0 Å². The number of nitrogens with zero attached hydrogens (tertiary/aromatic N) is 2. The van der Waals surface area contributed by atoms with Gasteiger partial charge in [0.1, 0.15) is 0 Å². The first-order chi connectivity index (χ1) is 12.1. The van der Waals surface area contributed by atoms with Gasteiger partial charge in [0.2, 0.25) is 5.91 Å². The van der Waals surface area contributed by atoms with Gasteiger partial charge in [-0.05, 0) is 30.7 Å². The van der Waals surface area contributed by atoms with Gasteiger partial charge in [0, 0.05) is 42.6 Å². The molecule has 3 rings (SSSR count). The highest BCUT2D eigenvalue weighted by molar-refractivity contribution is 7.99. The third-order valence-electron chi connectivity index (χ3n) is 4.38. The molecule has 25 heavy (non-hydrogen) atoms. The van der Waals surface area contributed by atoms with Crippen molar-refractivity contribution >= 4 is 35.0 Å². The van der Waals surface area contributed by atoms with Crippen molar-refractivity contribution in [2.24, 2.45) is 0 Å². The van der Waals surface area contributed by atoms with Crippen LogP contribution in [0.3, 0.4) is 0 Å². The van der Waals surface area contributed by atoms with Crippen LogP contribution in [0.1, 0.15) is 11.1 Å². The molecule has 2 aromatic rings. The van der Waals surface area contributed by atoms with Gasteiger partial charge in [-0.25, -0.2) is 0 Å². The molecule has 0 N–H and O–H groups in total. The SMILES string of the molecule is Cc1cccc(CSCC(=O)N2CCN(c3cccc(Cl)c3)CC2)c1. The van der Waals surface area contributed by atoms with Crippen LogP contribution in [0.4, 0.5) is 5.69 Å². The number of piperazine rings is 1. The van der Waals surface area contributed by atoms with Gasteiger partial charge in [-0.3, -0.25) is 4.79 Å². The standard InChI is InChI=1S/C20H23ClN2OS/c1-16-4-2-5-17(12-16)14-25-15-20(24)23-10-8-22(9-11-23)19-7-3-6-18(21)13-19/h2-7,12-13H,8-11,14-15H2,1H3. The summed E-state index contributed by atoms with van der Waals surface area (Å²) in [5, 5.41) is 0.753. The van der Waals surface area contributed by atoms with Crippen LogP contribution in [0.25, 0.3) is 0 Å². The molecule has 3 nitrogen and oxygen atoms in total. The van der Waals surface area contributed by atoms with E-state index in [0.717, 1.165) is 42.6 Å². The number of rotatable bonds is 5. The van der Waals surface area contributed by atoms with E-state index >= 15 is 0 Å². The van der Waals surface area contributed by atoms with Crippen LogP contribution < -0.4 is 4.90 Å². The summed E-state index contributed by atoms with van der Waals surface area (Å²) >= 11 is 7.76. The summed E-state index contributed by atoms with van der Waals surface area (Å²) < 4.78 is 0. The first-order valence-electron chi connectivity index (χ1n) is 8.53. The van der Waals surface area contributed by atoms with Crippen molar-refractivity contribution in [2.75, 3.05) is 36.8 Å². The highest BCUT2D eigenvalue weighted by atomic mass is 35.5. The Morgan fingerprint density at radius 3 is 2.56 bits per heavy atom. The molecule has 0 atom stereocenters. The Morgan fingerprint density at radius 2 is 1.84 bits per heavy atom. The summed E-state index contributed by atoms with van der Waals surface area (Å²) in [4.78, 5) is 16.7. The van der Waals surface area contributed by atoms with Gasteiger partial charge in [-0.1, -0.05) is 47.5 Å². The van der Waals surface area contributed by atoms with Crippen LogP contribution in [0.5, 0.6) is 0 Å².